The first-order chi connectivity index (χ1) is 11.0. The molecule has 0 aliphatic heterocycles. The first kappa shape index (κ1) is 18.4. The van der Waals surface area contributed by atoms with Gasteiger partial charge in [-0.3, -0.25) is 4.72 Å². The lowest BCUT2D eigenvalue weighted by Gasteiger charge is -2.18. The number of hydrogen-bond donors (Lipinski definition) is 1. The highest BCUT2D eigenvalue weighted by Crippen LogP contribution is 2.25. The van der Waals surface area contributed by atoms with Gasteiger partial charge < -0.3 is 4.79 Å². The number of carbonyl (C=O) groups excluding carboxylic acids is 1. The van der Waals surface area contributed by atoms with E-state index in [2.05, 4.69) is 4.72 Å². The molecule has 0 saturated heterocycles. The van der Waals surface area contributed by atoms with E-state index >= 15 is 0 Å². The summed E-state index contributed by atoms with van der Waals surface area (Å²) in [4.78, 5) is 12.9. The Bertz CT molecular complexity index is 866. The molecule has 6 heteroatoms. The number of carbonyl (C=O) groups is 1. The maximum absolute atomic E-state index is 12.7. The molecule has 0 aliphatic carbocycles. The van der Waals surface area contributed by atoms with Crippen LogP contribution in [0.3, 0.4) is 0 Å². The Labute approximate surface area is 145 Å². The van der Waals surface area contributed by atoms with Crippen LogP contribution < -0.4 is 4.72 Å². The Balaban J connectivity index is 2.46. The molecular weight excluding hydrogens is 338 g/mol. The molecule has 2 aromatic carbocycles. The van der Waals surface area contributed by atoms with E-state index in [9.17, 15) is 13.2 Å². The lowest BCUT2D eigenvalue weighted by molar-refractivity contribution is 0.106. The molecule has 4 nitrogen and oxygen atoms in total. The van der Waals surface area contributed by atoms with Gasteiger partial charge in [0.2, 0.25) is 0 Å². The van der Waals surface area contributed by atoms with Crippen LogP contribution in [0.5, 0.6) is 0 Å². The second-order valence-electron chi connectivity index (χ2n) is 7.05. The molecule has 0 heterocycles. The maximum atomic E-state index is 12.7. The van der Waals surface area contributed by atoms with Crippen LogP contribution >= 0.6 is 0 Å². The topological polar surface area (TPSA) is 63.2 Å². The minimum Gasteiger partial charge on any atom is -0.300 e. The monoisotopic (exact) mass is 361 g/mol. The summed E-state index contributed by atoms with van der Waals surface area (Å²) in [5.41, 5.74) is 2.70. The van der Waals surface area contributed by atoms with Gasteiger partial charge >= 0.3 is 0 Å². The van der Waals surface area contributed by atoms with Crippen molar-refractivity contribution in [3.8, 4) is 0 Å². The van der Waals surface area contributed by atoms with Crippen molar-refractivity contribution < 1.29 is 13.2 Å². The van der Waals surface area contributed by atoms with Crippen molar-refractivity contribution in [2.75, 3.05) is 4.72 Å². The fourth-order valence-corrected chi connectivity index (χ4v) is 4.35. The molecule has 0 aliphatic rings. The Morgan fingerprint density at radius 3 is 2.00 bits per heavy atom. The average Bonchev–Trinajstić information content (AvgIpc) is 2.47. The highest BCUT2D eigenvalue weighted by atomic mass is 32.2. The second kappa shape index (κ2) is 6.53. The third-order valence-corrected chi connectivity index (χ3v) is 6.69. The number of sulfonamides is 1. The number of rotatable bonds is 5. The van der Waals surface area contributed by atoms with Gasteiger partial charge in [-0.1, -0.05) is 49.0 Å². The predicted molar refractivity (Wildman–Crippen MR) is 101 cm³/mol. The van der Waals surface area contributed by atoms with E-state index in [0.717, 1.165) is 11.1 Å². The molecule has 128 valence electrons. The largest absolute Gasteiger partial charge is 0.300 e. The van der Waals surface area contributed by atoms with Crippen LogP contribution in [-0.4, -0.2) is 21.9 Å². The van der Waals surface area contributed by atoms with Gasteiger partial charge in [-0.2, -0.15) is 0 Å². The number of hydrogen-bond acceptors (Lipinski definition) is 3. The van der Waals surface area contributed by atoms with Crippen LogP contribution in [0.15, 0.2) is 47.4 Å². The average molecular weight is 362 g/mol. The molecule has 0 bridgehead atoms. The SMILES string of the molecule is Cc1ccc(S(=O)(=O)Nc2ccc(C)cc2C(=O)[Si](C)(C)C)cc1. The third-order valence-electron chi connectivity index (χ3n) is 3.68. The summed E-state index contributed by atoms with van der Waals surface area (Å²) in [6, 6.07) is 11.8. The normalized spacial score (nSPS) is 12.0. The van der Waals surface area contributed by atoms with Crippen LogP contribution in [-0.2, 0) is 10.0 Å². The highest BCUT2D eigenvalue weighted by molar-refractivity contribution is 7.92. The Kier molecular flexibility index (Phi) is 5.01. The van der Waals surface area contributed by atoms with Crippen LogP contribution in [0.2, 0.25) is 19.6 Å². The summed E-state index contributed by atoms with van der Waals surface area (Å²) in [6.07, 6.45) is 0. The predicted octanol–water partition coefficient (Wildman–Crippen LogP) is 4.16. The Morgan fingerprint density at radius 2 is 1.46 bits per heavy atom. The number of benzene rings is 2. The van der Waals surface area contributed by atoms with E-state index in [-0.39, 0.29) is 10.3 Å². The van der Waals surface area contributed by atoms with Crippen molar-refractivity contribution in [2.24, 2.45) is 0 Å². The van der Waals surface area contributed by atoms with Crippen molar-refractivity contribution in [2.45, 2.75) is 38.4 Å². The summed E-state index contributed by atoms with van der Waals surface area (Å²) in [5.74, 6) is 0. The molecule has 0 saturated carbocycles. The van der Waals surface area contributed by atoms with Gasteiger partial charge in [0.15, 0.2) is 0 Å². The fraction of sp³-hybridized carbons (Fsp3) is 0.278. The van der Waals surface area contributed by atoms with E-state index < -0.39 is 18.1 Å². The molecular formula is C18H23NO3SSi. The number of nitrogens with one attached hydrogen (secondary N) is 1. The van der Waals surface area contributed by atoms with Gasteiger partial charge in [0.1, 0.15) is 13.5 Å². The van der Waals surface area contributed by atoms with Crippen molar-refractivity contribution in [3.63, 3.8) is 0 Å². The van der Waals surface area contributed by atoms with Gasteiger partial charge in [-0.05, 0) is 38.1 Å². The van der Waals surface area contributed by atoms with E-state index in [0.29, 0.717) is 11.3 Å². The van der Waals surface area contributed by atoms with Crippen molar-refractivity contribution >= 4 is 29.2 Å². The van der Waals surface area contributed by atoms with Crippen LogP contribution in [0.1, 0.15) is 21.5 Å². The standard InChI is InChI=1S/C18H23NO3SSi/c1-13-6-9-15(10-7-13)23(21,22)19-17-11-8-14(2)12-16(17)18(20)24(3,4)5/h6-12,19H,1-5H3. The van der Waals surface area contributed by atoms with Gasteiger partial charge in [0.25, 0.3) is 10.0 Å². The zero-order chi connectivity index (χ0) is 18.1. The van der Waals surface area contributed by atoms with E-state index in [1.807, 2.05) is 33.5 Å². The summed E-state index contributed by atoms with van der Waals surface area (Å²) >= 11 is 0. The van der Waals surface area contributed by atoms with E-state index in [1.165, 1.54) is 0 Å². The molecule has 0 spiro atoms. The number of aryl methyl sites for hydroxylation is 2. The summed E-state index contributed by atoms with van der Waals surface area (Å²) in [6.45, 7) is 9.65. The first-order valence-electron chi connectivity index (χ1n) is 7.76. The summed E-state index contributed by atoms with van der Waals surface area (Å²) in [5, 5.41) is 0.0350. The lowest BCUT2D eigenvalue weighted by atomic mass is 10.1. The maximum Gasteiger partial charge on any atom is 0.261 e. The molecule has 1 N–H and O–H groups in total. The Hall–Kier alpha value is -1.92. The molecule has 0 fully saturated rings. The van der Waals surface area contributed by atoms with Crippen molar-refractivity contribution in [1.82, 2.24) is 0 Å². The molecule has 2 rings (SSSR count). The minimum atomic E-state index is -3.73. The third kappa shape index (κ3) is 4.13. The molecule has 0 aromatic heterocycles. The zero-order valence-electron chi connectivity index (χ0n) is 14.7. The fourth-order valence-electron chi connectivity index (χ4n) is 2.26. The van der Waals surface area contributed by atoms with Gasteiger partial charge in [-0.15, -0.1) is 0 Å². The summed E-state index contributed by atoms with van der Waals surface area (Å²) in [7, 11) is -5.82. The first-order valence-corrected chi connectivity index (χ1v) is 12.7. The quantitative estimate of drug-likeness (QED) is 0.813. The molecule has 0 unspecified atom stereocenters. The molecule has 0 radical (unpaired) electrons. The molecule has 0 atom stereocenters. The van der Waals surface area contributed by atoms with Crippen molar-refractivity contribution in [3.05, 3.63) is 59.2 Å². The van der Waals surface area contributed by atoms with E-state index in [1.54, 1.807) is 42.5 Å². The molecule has 2 aromatic rings. The van der Waals surface area contributed by atoms with E-state index in [4.69, 9.17) is 0 Å². The van der Waals surface area contributed by atoms with Gasteiger partial charge in [0.05, 0.1) is 10.6 Å². The van der Waals surface area contributed by atoms with Crippen LogP contribution in [0, 0.1) is 13.8 Å². The Morgan fingerprint density at radius 1 is 0.917 bits per heavy atom. The molecule has 24 heavy (non-hydrogen) atoms. The zero-order valence-corrected chi connectivity index (χ0v) is 16.5. The molecule has 0 amide bonds. The number of anilines is 1. The lowest BCUT2D eigenvalue weighted by Crippen LogP contribution is -2.34. The summed E-state index contributed by atoms with van der Waals surface area (Å²) < 4.78 is 27.8. The van der Waals surface area contributed by atoms with Gasteiger partial charge in [-0.25, -0.2) is 8.42 Å². The van der Waals surface area contributed by atoms with Crippen molar-refractivity contribution in [1.29, 1.82) is 0 Å². The minimum absolute atomic E-state index is 0.0350. The van der Waals surface area contributed by atoms with Crippen LogP contribution in [0.25, 0.3) is 0 Å². The van der Waals surface area contributed by atoms with Crippen LogP contribution in [0.4, 0.5) is 5.69 Å². The second-order valence-corrected chi connectivity index (χ2v) is 13.7. The smallest absolute Gasteiger partial charge is 0.261 e. The van der Waals surface area contributed by atoms with Gasteiger partial charge in [0, 0.05) is 5.56 Å². The highest BCUT2D eigenvalue weighted by Gasteiger charge is 2.28.